The number of H-pyrrole nitrogens is 1. The monoisotopic (exact) mass is 391 g/mol. The molecule has 28 heavy (non-hydrogen) atoms. The van der Waals surface area contributed by atoms with Crippen LogP contribution in [0.1, 0.15) is 15.9 Å². The van der Waals surface area contributed by atoms with Gasteiger partial charge in [-0.25, -0.2) is 9.78 Å². The summed E-state index contributed by atoms with van der Waals surface area (Å²) in [5.74, 6) is -0.297. The molecule has 7 nitrogen and oxygen atoms in total. The minimum Gasteiger partial charge on any atom is -0.351 e. The molecule has 0 aliphatic carbocycles. The predicted molar refractivity (Wildman–Crippen MR) is 107 cm³/mol. The molecule has 3 heterocycles. The summed E-state index contributed by atoms with van der Waals surface area (Å²) in [4.78, 5) is 35.8. The van der Waals surface area contributed by atoms with Crippen molar-refractivity contribution in [3.63, 3.8) is 0 Å². The van der Waals surface area contributed by atoms with Gasteiger partial charge in [-0.05, 0) is 24.3 Å². The molecule has 0 fully saturated rings. The number of carbonyl (C=O) groups excluding carboxylic acids is 2. The van der Waals surface area contributed by atoms with E-state index in [-0.39, 0.29) is 22.1 Å². The minimum absolute atomic E-state index is 0.122. The lowest BCUT2D eigenvalue weighted by Crippen LogP contribution is -2.19. The molecule has 0 aliphatic rings. The molecule has 4 N–H and O–H groups in total. The van der Waals surface area contributed by atoms with Gasteiger partial charge in [-0.15, -0.1) is 0 Å². The molecular formula is C20H14ClN5O2. The van der Waals surface area contributed by atoms with Gasteiger partial charge in [-0.2, -0.15) is 0 Å². The van der Waals surface area contributed by atoms with Gasteiger partial charge in [0.25, 0.3) is 0 Å². The highest BCUT2D eigenvalue weighted by atomic mass is 35.5. The second-order valence-corrected chi connectivity index (χ2v) is 6.43. The van der Waals surface area contributed by atoms with Crippen LogP contribution in [0.3, 0.4) is 0 Å². The first-order valence-corrected chi connectivity index (χ1v) is 8.69. The summed E-state index contributed by atoms with van der Waals surface area (Å²) < 4.78 is 0. The van der Waals surface area contributed by atoms with Gasteiger partial charge >= 0.3 is 6.03 Å². The molecule has 4 aromatic rings. The zero-order valence-corrected chi connectivity index (χ0v) is 15.2. The van der Waals surface area contributed by atoms with Crippen molar-refractivity contribution in [1.82, 2.24) is 15.0 Å². The van der Waals surface area contributed by atoms with Crippen LogP contribution in [0.5, 0.6) is 0 Å². The molecule has 0 aliphatic heterocycles. The first-order valence-electron chi connectivity index (χ1n) is 8.32. The van der Waals surface area contributed by atoms with E-state index < -0.39 is 6.03 Å². The van der Waals surface area contributed by atoms with E-state index in [0.29, 0.717) is 16.6 Å². The Labute approximate surface area is 164 Å². The number of hydrogen-bond donors (Lipinski definition) is 3. The normalized spacial score (nSPS) is 10.8. The number of anilines is 1. The Hall–Kier alpha value is -3.71. The number of halogens is 1. The third kappa shape index (κ3) is 3.19. The summed E-state index contributed by atoms with van der Waals surface area (Å²) in [6, 6.07) is 9.65. The van der Waals surface area contributed by atoms with Crippen LogP contribution in [0.15, 0.2) is 61.2 Å². The largest absolute Gasteiger partial charge is 0.351 e. The SMILES string of the molecule is NC(=O)Nc1cccc(C(=O)c2c[nH]c3ncc(-c4cccnc4)cc23)c1Cl. The number of nitrogens with two attached hydrogens (primary N) is 1. The van der Waals surface area contributed by atoms with E-state index in [2.05, 4.69) is 20.3 Å². The molecule has 0 bridgehead atoms. The van der Waals surface area contributed by atoms with Crippen molar-refractivity contribution >= 4 is 40.1 Å². The summed E-state index contributed by atoms with van der Waals surface area (Å²) in [7, 11) is 0. The van der Waals surface area contributed by atoms with E-state index in [1.54, 1.807) is 43.0 Å². The highest BCUT2D eigenvalue weighted by Crippen LogP contribution is 2.30. The van der Waals surface area contributed by atoms with Crippen molar-refractivity contribution in [3.05, 3.63) is 77.3 Å². The number of aromatic nitrogens is 3. The Morgan fingerprint density at radius 2 is 1.93 bits per heavy atom. The number of nitrogens with zero attached hydrogens (tertiary/aromatic N) is 2. The molecule has 0 saturated heterocycles. The first-order chi connectivity index (χ1) is 13.5. The zero-order chi connectivity index (χ0) is 19.7. The first kappa shape index (κ1) is 17.7. The number of pyridine rings is 2. The van der Waals surface area contributed by atoms with Crippen molar-refractivity contribution in [3.8, 4) is 11.1 Å². The van der Waals surface area contributed by atoms with E-state index >= 15 is 0 Å². The van der Waals surface area contributed by atoms with Crippen LogP contribution >= 0.6 is 11.6 Å². The second kappa shape index (κ2) is 7.13. The molecule has 0 unspecified atom stereocenters. The number of rotatable bonds is 4. The summed E-state index contributed by atoms with van der Waals surface area (Å²) in [6.07, 6.45) is 6.73. The number of fused-ring (bicyclic) bond motifs is 1. The number of nitrogens with one attached hydrogen (secondary N) is 2. The summed E-state index contributed by atoms with van der Waals surface area (Å²) >= 11 is 6.32. The van der Waals surface area contributed by atoms with Crippen LogP contribution in [0.2, 0.25) is 5.02 Å². The quantitative estimate of drug-likeness (QED) is 0.456. The number of ketones is 1. The molecule has 0 spiro atoms. The summed E-state index contributed by atoms with van der Waals surface area (Å²) in [5, 5.41) is 3.19. The Kier molecular flexibility index (Phi) is 4.50. The van der Waals surface area contributed by atoms with Gasteiger partial charge in [0.1, 0.15) is 5.65 Å². The number of hydrogen-bond acceptors (Lipinski definition) is 4. The third-order valence-electron chi connectivity index (χ3n) is 4.27. The van der Waals surface area contributed by atoms with Crippen molar-refractivity contribution in [2.45, 2.75) is 0 Å². The lowest BCUT2D eigenvalue weighted by atomic mass is 10.0. The molecule has 3 aromatic heterocycles. The molecule has 0 saturated carbocycles. The van der Waals surface area contributed by atoms with Gasteiger partial charge in [0.2, 0.25) is 0 Å². The Morgan fingerprint density at radius 3 is 2.68 bits per heavy atom. The Morgan fingerprint density at radius 1 is 1.07 bits per heavy atom. The standard InChI is InChI=1S/C20H14ClN5O2/c21-17-13(4-1-5-16(17)26-20(22)28)18(27)15-10-25-19-14(15)7-12(9-24-19)11-3-2-6-23-8-11/h1-10H,(H,24,25)(H3,22,26,28). The van der Waals surface area contributed by atoms with E-state index in [9.17, 15) is 9.59 Å². The number of carbonyl (C=O) groups is 2. The molecular weight excluding hydrogens is 378 g/mol. The topological polar surface area (TPSA) is 114 Å². The number of benzene rings is 1. The maximum atomic E-state index is 13.1. The Bertz CT molecular complexity index is 1200. The van der Waals surface area contributed by atoms with Crippen molar-refractivity contribution in [2.75, 3.05) is 5.32 Å². The van der Waals surface area contributed by atoms with Crippen molar-refractivity contribution in [2.24, 2.45) is 5.73 Å². The second-order valence-electron chi connectivity index (χ2n) is 6.05. The molecule has 0 radical (unpaired) electrons. The fourth-order valence-electron chi connectivity index (χ4n) is 2.96. The van der Waals surface area contributed by atoms with Gasteiger partial charge in [0.05, 0.1) is 10.7 Å². The van der Waals surface area contributed by atoms with Crippen LogP contribution in [-0.4, -0.2) is 26.8 Å². The molecule has 8 heteroatoms. The fourth-order valence-corrected chi connectivity index (χ4v) is 3.22. The van der Waals surface area contributed by atoms with Crippen LogP contribution < -0.4 is 11.1 Å². The highest BCUT2D eigenvalue weighted by molar-refractivity contribution is 6.38. The molecule has 4 rings (SSSR count). The zero-order valence-electron chi connectivity index (χ0n) is 14.4. The van der Waals surface area contributed by atoms with Crippen LogP contribution in [0.4, 0.5) is 10.5 Å². The van der Waals surface area contributed by atoms with Gasteiger partial charge in [0, 0.05) is 52.4 Å². The van der Waals surface area contributed by atoms with Crippen molar-refractivity contribution < 1.29 is 9.59 Å². The minimum atomic E-state index is -0.760. The molecule has 2 amide bonds. The third-order valence-corrected chi connectivity index (χ3v) is 4.68. The maximum Gasteiger partial charge on any atom is 0.316 e. The van der Waals surface area contributed by atoms with E-state index in [1.165, 1.54) is 0 Å². The predicted octanol–water partition coefficient (Wildman–Crippen LogP) is 4.00. The van der Waals surface area contributed by atoms with Gasteiger partial charge in [-0.3, -0.25) is 9.78 Å². The molecule has 138 valence electrons. The fraction of sp³-hybridized carbons (Fsp3) is 0. The van der Waals surface area contributed by atoms with E-state index in [0.717, 1.165) is 11.1 Å². The van der Waals surface area contributed by atoms with Crippen LogP contribution in [-0.2, 0) is 0 Å². The van der Waals surface area contributed by atoms with Crippen molar-refractivity contribution in [1.29, 1.82) is 0 Å². The van der Waals surface area contributed by atoms with E-state index in [1.807, 2.05) is 18.2 Å². The van der Waals surface area contributed by atoms with Gasteiger partial charge in [-0.1, -0.05) is 23.7 Å². The lowest BCUT2D eigenvalue weighted by Gasteiger charge is -2.09. The lowest BCUT2D eigenvalue weighted by molar-refractivity contribution is 0.104. The maximum absolute atomic E-state index is 13.1. The van der Waals surface area contributed by atoms with Gasteiger partial charge in [0.15, 0.2) is 5.78 Å². The number of primary amides is 1. The van der Waals surface area contributed by atoms with E-state index in [4.69, 9.17) is 17.3 Å². The smallest absolute Gasteiger partial charge is 0.316 e. The summed E-state index contributed by atoms with van der Waals surface area (Å²) in [5.41, 5.74) is 8.40. The average molecular weight is 392 g/mol. The number of aromatic amines is 1. The summed E-state index contributed by atoms with van der Waals surface area (Å²) in [6.45, 7) is 0. The molecule has 1 aromatic carbocycles. The number of amides is 2. The van der Waals surface area contributed by atoms with Gasteiger partial charge < -0.3 is 16.0 Å². The van der Waals surface area contributed by atoms with Crippen LogP contribution in [0.25, 0.3) is 22.2 Å². The Balaban J connectivity index is 1.79. The number of urea groups is 1. The highest BCUT2D eigenvalue weighted by Gasteiger charge is 2.20. The molecule has 0 atom stereocenters. The van der Waals surface area contributed by atoms with Crippen LogP contribution in [0, 0.1) is 0 Å². The average Bonchev–Trinajstić information content (AvgIpc) is 3.12.